The lowest BCUT2D eigenvalue weighted by Crippen LogP contribution is -2.29. The Morgan fingerprint density at radius 2 is 2.12 bits per heavy atom. The third kappa shape index (κ3) is 3.73. The standard InChI is InChI=1S/C12H20ClN3O/c1-4-15(5-2)11-6-12(17)16(14-8-11)9-10(3)7-13/h6,8,10H,4-5,7,9H2,1-3H3. The second kappa shape index (κ2) is 6.64. The van der Waals surface area contributed by atoms with Gasteiger partial charge in [0, 0.05) is 31.6 Å². The van der Waals surface area contributed by atoms with Gasteiger partial charge >= 0.3 is 0 Å². The van der Waals surface area contributed by atoms with E-state index in [4.69, 9.17) is 11.6 Å². The molecule has 0 aromatic carbocycles. The summed E-state index contributed by atoms with van der Waals surface area (Å²) in [6.45, 7) is 8.44. The summed E-state index contributed by atoms with van der Waals surface area (Å²) in [5.74, 6) is 0.785. The molecule has 1 atom stereocenters. The summed E-state index contributed by atoms with van der Waals surface area (Å²) in [5.41, 5.74) is 0.821. The maximum atomic E-state index is 11.9. The van der Waals surface area contributed by atoms with E-state index in [9.17, 15) is 4.79 Å². The summed E-state index contributed by atoms with van der Waals surface area (Å²) in [6, 6.07) is 1.64. The van der Waals surface area contributed by atoms with Crippen LogP contribution in [-0.4, -0.2) is 28.8 Å². The lowest BCUT2D eigenvalue weighted by Gasteiger charge is -2.20. The quantitative estimate of drug-likeness (QED) is 0.732. The molecule has 5 heteroatoms. The fraction of sp³-hybridized carbons (Fsp3) is 0.667. The number of rotatable bonds is 6. The van der Waals surface area contributed by atoms with Crippen LogP contribution in [-0.2, 0) is 6.54 Å². The molecule has 96 valence electrons. The van der Waals surface area contributed by atoms with Gasteiger partial charge in [-0.1, -0.05) is 6.92 Å². The summed E-state index contributed by atoms with van der Waals surface area (Å²) < 4.78 is 1.47. The molecule has 17 heavy (non-hydrogen) atoms. The first-order valence-electron chi connectivity index (χ1n) is 6.00. The molecule has 1 unspecified atom stereocenters. The molecule has 0 bridgehead atoms. The highest BCUT2D eigenvalue weighted by atomic mass is 35.5. The maximum absolute atomic E-state index is 11.9. The zero-order chi connectivity index (χ0) is 12.8. The van der Waals surface area contributed by atoms with Gasteiger partial charge in [-0.15, -0.1) is 11.6 Å². The monoisotopic (exact) mass is 257 g/mol. The molecule has 1 rings (SSSR count). The van der Waals surface area contributed by atoms with Crippen molar-refractivity contribution in [1.82, 2.24) is 9.78 Å². The van der Waals surface area contributed by atoms with Crippen molar-refractivity contribution >= 4 is 17.3 Å². The predicted octanol–water partition coefficient (Wildman–Crippen LogP) is 1.96. The maximum Gasteiger partial charge on any atom is 0.268 e. The van der Waals surface area contributed by atoms with Crippen LogP contribution in [0, 0.1) is 5.92 Å². The second-order valence-corrected chi connectivity index (χ2v) is 4.47. The van der Waals surface area contributed by atoms with Crippen LogP contribution < -0.4 is 10.5 Å². The van der Waals surface area contributed by atoms with Crippen molar-refractivity contribution < 1.29 is 0 Å². The number of aromatic nitrogens is 2. The van der Waals surface area contributed by atoms with E-state index in [1.54, 1.807) is 12.3 Å². The van der Waals surface area contributed by atoms with Crippen molar-refractivity contribution in [2.45, 2.75) is 27.3 Å². The first-order chi connectivity index (χ1) is 8.12. The molecular weight excluding hydrogens is 238 g/mol. The largest absolute Gasteiger partial charge is 0.371 e. The minimum absolute atomic E-state index is 0.0635. The van der Waals surface area contributed by atoms with E-state index < -0.39 is 0 Å². The first-order valence-corrected chi connectivity index (χ1v) is 6.53. The van der Waals surface area contributed by atoms with Crippen molar-refractivity contribution in [1.29, 1.82) is 0 Å². The summed E-state index contributed by atoms with van der Waals surface area (Å²) >= 11 is 5.73. The summed E-state index contributed by atoms with van der Waals surface area (Å²) in [4.78, 5) is 14.0. The lowest BCUT2D eigenvalue weighted by molar-refractivity contribution is 0.467. The molecule has 0 radical (unpaired) electrons. The summed E-state index contributed by atoms with van der Waals surface area (Å²) in [7, 11) is 0. The van der Waals surface area contributed by atoms with Gasteiger partial charge in [-0.05, 0) is 19.8 Å². The van der Waals surface area contributed by atoms with Crippen LogP contribution in [0.25, 0.3) is 0 Å². The summed E-state index contributed by atoms with van der Waals surface area (Å²) in [6.07, 6.45) is 1.75. The Hall–Kier alpha value is -1.03. The van der Waals surface area contributed by atoms with Crippen LogP contribution >= 0.6 is 11.6 Å². The van der Waals surface area contributed by atoms with Gasteiger partial charge in [0.2, 0.25) is 0 Å². The molecular formula is C12H20ClN3O. The van der Waals surface area contributed by atoms with Crippen LogP contribution in [0.1, 0.15) is 20.8 Å². The molecule has 0 N–H and O–H groups in total. The molecule has 1 heterocycles. The van der Waals surface area contributed by atoms with E-state index >= 15 is 0 Å². The Bertz CT molecular complexity index is 401. The van der Waals surface area contributed by atoms with Crippen LogP contribution in [0.5, 0.6) is 0 Å². The molecule has 0 saturated carbocycles. The van der Waals surface area contributed by atoms with Gasteiger partial charge in [-0.2, -0.15) is 5.10 Å². The highest BCUT2D eigenvalue weighted by Crippen LogP contribution is 2.08. The topological polar surface area (TPSA) is 38.1 Å². The molecule has 0 aliphatic rings. The van der Waals surface area contributed by atoms with Gasteiger partial charge in [0.15, 0.2) is 0 Å². The van der Waals surface area contributed by atoms with E-state index in [1.165, 1.54) is 4.68 Å². The molecule has 0 fully saturated rings. The van der Waals surface area contributed by atoms with Gasteiger partial charge < -0.3 is 4.90 Å². The Kier molecular flexibility index (Phi) is 5.48. The molecule has 1 aromatic heterocycles. The van der Waals surface area contributed by atoms with E-state index in [-0.39, 0.29) is 11.5 Å². The van der Waals surface area contributed by atoms with Crippen molar-refractivity contribution in [2.24, 2.45) is 5.92 Å². The normalized spacial score (nSPS) is 12.5. The molecule has 0 aliphatic carbocycles. The Morgan fingerprint density at radius 3 is 2.59 bits per heavy atom. The highest BCUT2D eigenvalue weighted by molar-refractivity contribution is 6.18. The van der Waals surface area contributed by atoms with E-state index in [0.717, 1.165) is 18.8 Å². The second-order valence-electron chi connectivity index (χ2n) is 4.17. The van der Waals surface area contributed by atoms with Crippen LogP contribution in [0.3, 0.4) is 0 Å². The van der Waals surface area contributed by atoms with Gasteiger partial charge in [0.05, 0.1) is 11.9 Å². The van der Waals surface area contributed by atoms with Crippen LogP contribution in [0.4, 0.5) is 5.69 Å². The van der Waals surface area contributed by atoms with Crippen molar-refractivity contribution in [3.05, 3.63) is 22.6 Å². The van der Waals surface area contributed by atoms with Crippen LogP contribution in [0.2, 0.25) is 0 Å². The van der Waals surface area contributed by atoms with E-state index in [2.05, 4.69) is 23.8 Å². The fourth-order valence-corrected chi connectivity index (χ4v) is 1.76. The van der Waals surface area contributed by atoms with Gasteiger partial charge in [0.1, 0.15) is 0 Å². The highest BCUT2D eigenvalue weighted by Gasteiger charge is 2.07. The average Bonchev–Trinajstić information content (AvgIpc) is 2.33. The number of nitrogens with zero attached hydrogens (tertiary/aromatic N) is 3. The first kappa shape index (κ1) is 14.0. The number of hydrogen-bond donors (Lipinski definition) is 0. The molecule has 4 nitrogen and oxygen atoms in total. The van der Waals surface area contributed by atoms with Crippen LogP contribution in [0.15, 0.2) is 17.1 Å². The van der Waals surface area contributed by atoms with Crippen molar-refractivity contribution in [3.63, 3.8) is 0 Å². The Labute approximate surface area is 107 Å². The zero-order valence-electron chi connectivity index (χ0n) is 10.7. The third-order valence-electron chi connectivity index (χ3n) is 2.73. The minimum atomic E-state index is -0.0635. The fourth-order valence-electron chi connectivity index (χ4n) is 1.67. The third-order valence-corrected chi connectivity index (χ3v) is 3.26. The molecule has 0 saturated heterocycles. The lowest BCUT2D eigenvalue weighted by atomic mass is 10.2. The van der Waals surface area contributed by atoms with Crippen molar-refractivity contribution in [3.8, 4) is 0 Å². The number of halogens is 1. The van der Waals surface area contributed by atoms with E-state index in [1.807, 2.05) is 6.92 Å². The predicted molar refractivity (Wildman–Crippen MR) is 71.9 cm³/mol. The molecule has 0 spiro atoms. The smallest absolute Gasteiger partial charge is 0.268 e. The Morgan fingerprint density at radius 1 is 1.47 bits per heavy atom. The Balaban J connectivity index is 2.90. The van der Waals surface area contributed by atoms with Crippen molar-refractivity contribution in [2.75, 3.05) is 23.9 Å². The SMILES string of the molecule is CCN(CC)c1cnn(CC(C)CCl)c(=O)c1. The molecule has 0 aliphatic heterocycles. The zero-order valence-corrected chi connectivity index (χ0v) is 11.4. The number of hydrogen-bond acceptors (Lipinski definition) is 3. The minimum Gasteiger partial charge on any atom is -0.371 e. The number of alkyl halides is 1. The summed E-state index contributed by atoms with van der Waals surface area (Å²) in [5, 5.41) is 4.19. The van der Waals surface area contributed by atoms with E-state index in [0.29, 0.717) is 12.4 Å². The molecule has 0 amide bonds. The van der Waals surface area contributed by atoms with Gasteiger partial charge in [-0.3, -0.25) is 4.79 Å². The molecule has 1 aromatic rings. The average molecular weight is 258 g/mol. The van der Waals surface area contributed by atoms with Gasteiger partial charge in [-0.25, -0.2) is 4.68 Å². The number of anilines is 1. The van der Waals surface area contributed by atoms with Gasteiger partial charge in [0.25, 0.3) is 5.56 Å².